The van der Waals surface area contributed by atoms with Crippen LogP contribution in [0.4, 0.5) is 0 Å². The van der Waals surface area contributed by atoms with Gasteiger partial charge in [0.1, 0.15) is 11.0 Å². The molecule has 2 rings (SSSR count). The Balaban J connectivity index is 0.00000220. The van der Waals surface area contributed by atoms with Crippen LogP contribution in [0.1, 0.15) is 22.2 Å². The summed E-state index contributed by atoms with van der Waals surface area (Å²) in [5, 5.41) is 1.88. The third-order valence-electron chi connectivity index (χ3n) is 2.89. The van der Waals surface area contributed by atoms with Crippen molar-refractivity contribution in [1.82, 2.24) is 4.90 Å². The summed E-state index contributed by atoms with van der Waals surface area (Å²) in [4.78, 5) is 14.6. The number of hydrogen-bond acceptors (Lipinski definition) is 4. The molecule has 2 aromatic rings. The Bertz CT molecular complexity index is 530. The summed E-state index contributed by atoms with van der Waals surface area (Å²) in [6.07, 6.45) is -0.127. The quantitative estimate of drug-likeness (QED) is 0.722. The first kappa shape index (κ1) is 17.7. The molecule has 0 aliphatic carbocycles. The highest BCUT2D eigenvalue weighted by Gasteiger charge is 2.14. The molecule has 0 aliphatic rings. The maximum absolute atomic E-state index is 11.8. The molecule has 0 saturated heterocycles. The molecular weight excluding hydrogens is 306 g/mol. The number of ether oxygens (including phenoxy) is 1. The Morgan fingerprint density at radius 3 is 2.57 bits per heavy atom. The van der Waals surface area contributed by atoms with Crippen LogP contribution in [-0.4, -0.2) is 30.6 Å². The van der Waals surface area contributed by atoms with Crippen molar-refractivity contribution in [2.45, 2.75) is 19.6 Å². The second-order valence-electron chi connectivity index (χ2n) is 4.88. The van der Waals surface area contributed by atoms with Crippen LogP contribution in [0.3, 0.4) is 0 Å². The normalized spacial score (nSPS) is 11.8. The van der Waals surface area contributed by atoms with E-state index in [0.29, 0.717) is 11.4 Å². The molecular formula is C16H19ClNO2S-. The highest BCUT2D eigenvalue weighted by Crippen LogP contribution is 2.12. The zero-order valence-corrected chi connectivity index (χ0v) is 13.7. The molecule has 1 aromatic heterocycles. The lowest BCUT2D eigenvalue weighted by Gasteiger charge is -2.21. The molecule has 0 bridgehead atoms. The molecule has 0 radical (unpaired) electrons. The predicted octanol–water partition coefficient (Wildman–Crippen LogP) is 0.429. The van der Waals surface area contributed by atoms with E-state index in [1.165, 1.54) is 16.9 Å². The molecule has 1 heterocycles. The lowest BCUT2D eigenvalue weighted by atomic mass is 10.2. The van der Waals surface area contributed by atoms with Crippen molar-refractivity contribution < 1.29 is 21.9 Å². The number of rotatable bonds is 6. The molecule has 21 heavy (non-hydrogen) atoms. The molecule has 0 saturated carbocycles. The summed E-state index contributed by atoms with van der Waals surface area (Å²) >= 11 is 1.41. The number of nitrogens with zero attached hydrogens (tertiary/aromatic N) is 1. The summed E-state index contributed by atoms with van der Waals surface area (Å²) in [6, 6.07) is 13.9. The number of carbonyl (C=O) groups excluding carboxylic acids is 1. The van der Waals surface area contributed by atoms with Crippen LogP contribution in [0.2, 0.25) is 0 Å². The summed E-state index contributed by atoms with van der Waals surface area (Å²) < 4.78 is 5.43. The summed E-state index contributed by atoms with van der Waals surface area (Å²) in [7, 11) is 2.03. The average Bonchev–Trinajstić information content (AvgIpc) is 2.93. The Labute approximate surface area is 136 Å². The van der Waals surface area contributed by atoms with Gasteiger partial charge in [0, 0.05) is 13.1 Å². The number of carbonyl (C=O) groups is 1. The zero-order chi connectivity index (χ0) is 14.4. The smallest absolute Gasteiger partial charge is 0.348 e. The highest BCUT2D eigenvalue weighted by atomic mass is 35.5. The number of likely N-dealkylation sites (N-methyl/N-ethyl adjacent to an activating group) is 1. The van der Waals surface area contributed by atoms with Gasteiger partial charge in [-0.1, -0.05) is 36.4 Å². The van der Waals surface area contributed by atoms with Crippen molar-refractivity contribution in [3.05, 3.63) is 58.3 Å². The number of thiophene rings is 1. The largest absolute Gasteiger partial charge is 1.00 e. The number of halogens is 1. The summed E-state index contributed by atoms with van der Waals surface area (Å²) in [5.41, 5.74) is 1.26. The molecule has 114 valence electrons. The van der Waals surface area contributed by atoms with E-state index >= 15 is 0 Å². The second kappa shape index (κ2) is 8.82. The molecule has 0 N–H and O–H groups in total. The minimum Gasteiger partial charge on any atom is -1.00 e. The average molecular weight is 325 g/mol. The van der Waals surface area contributed by atoms with Gasteiger partial charge in [0.05, 0.1) is 0 Å². The van der Waals surface area contributed by atoms with Crippen molar-refractivity contribution >= 4 is 17.3 Å². The van der Waals surface area contributed by atoms with Gasteiger partial charge in [-0.3, -0.25) is 4.90 Å². The van der Waals surface area contributed by atoms with Gasteiger partial charge < -0.3 is 17.1 Å². The van der Waals surface area contributed by atoms with Gasteiger partial charge in [0.25, 0.3) is 0 Å². The molecule has 5 heteroatoms. The molecule has 0 aliphatic heterocycles. The van der Waals surface area contributed by atoms with E-state index in [0.717, 1.165) is 6.54 Å². The molecule has 0 spiro atoms. The van der Waals surface area contributed by atoms with Gasteiger partial charge >= 0.3 is 5.97 Å². The molecule has 1 atom stereocenters. The van der Waals surface area contributed by atoms with Crippen molar-refractivity contribution in [2.75, 3.05) is 13.6 Å². The first-order chi connectivity index (χ1) is 9.65. The first-order valence-electron chi connectivity index (χ1n) is 6.62. The van der Waals surface area contributed by atoms with E-state index in [2.05, 4.69) is 17.0 Å². The van der Waals surface area contributed by atoms with E-state index < -0.39 is 0 Å². The fraction of sp³-hybridized carbons (Fsp3) is 0.312. The molecule has 0 fully saturated rings. The fourth-order valence-electron chi connectivity index (χ4n) is 2.07. The lowest BCUT2D eigenvalue weighted by molar-refractivity contribution is -0.0000415. The summed E-state index contributed by atoms with van der Waals surface area (Å²) in [5.74, 6) is -0.236. The number of esters is 1. The van der Waals surface area contributed by atoms with E-state index in [1.54, 1.807) is 6.07 Å². The topological polar surface area (TPSA) is 29.5 Å². The van der Waals surface area contributed by atoms with Gasteiger partial charge in [-0.15, -0.1) is 11.3 Å². The minimum atomic E-state index is -0.236. The van der Waals surface area contributed by atoms with E-state index in [1.807, 2.05) is 43.6 Å². The Kier molecular flexibility index (Phi) is 7.43. The van der Waals surface area contributed by atoms with Gasteiger partial charge in [0.2, 0.25) is 0 Å². The van der Waals surface area contributed by atoms with Gasteiger partial charge in [-0.2, -0.15) is 0 Å². The Hall–Kier alpha value is -1.36. The number of benzene rings is 1. The van der Waals surface area contributed by atoms with Crippen LogP contribution in [0, 0.1) is 0 Å². The second-order valence-corrected chi connectivity index (χ2v) is 5.82. The Morgan fingerprint density at radius 2 is 1.95 bits per heavy atom. The standard InChI is InChI=1S/C16H19NO2S.ClH/c1-13(19-16(18)15-9-6-10-20-15)11-17(2)12-14-7-4-3-5-8-14;/h3-10,13H,11-12H2,1-2H3;1H/p-1. The monoisotopic (exact) mass is 324 g/mol. The predicted molar refractivity (Wildman–Crippen MR) is 82.0 cm³/mol. The number of hydrogen-bond donors (Lipinski definition) is 0. The molecule has 3 nitrogen and oxygen atoms in total. The van der Waals surface area contributed by atoms with Crippen LogP contribution in [0.5, 0.6) is 0 Å². The highest BCUT2D eigenvalue weighted by molar-refractivity contribution is 7.11. The first-order valence-corrected chi connectivity index (χ1v) is 7.50. The van der Waals surface area contributed by atoms with Crippen LogP contribution in [-0.2, 0) is 11.3 Å². The minimum absolute atomic E-state index is 0. The molecule has 1 aromatic carbocycles. The SMILES string of the molecule is CC(CN(C)Cc1ccccc1)OC(=O)c1cccs1.[Cl-]. The maximum Gasteiger partial charge on any atom is 0.348 e. The van der Waals surface area contributed by atoms with Gasteiger partial charge in [0.15, 0.2) is 0 Å². The fourth-order valence-corrected chi connectivity index (χ4v) is 2.68. The van der Waals surface area contributed by atoms with Crippen molar-refractivity contribution in [3.63, 3.8) is 0 Å². The Morgan fingerprint density at radius 1 is 1.24 bits per heavy atom. The van der Waals surface area contributed by atoms with E-state index in [9.17, 15) is 4.79 Å². The maximum atomic E-state index is 11.8. The van der Waals surface area contributed by atoms with Crippen LogP contribution < -0.4 is 12.4 Å². The zero-order valence-electron chi connectivity index (χ0n) is 12.2. The van der Waals surface area contributed by atoms with Gasteiger partial charge in [-0.25, -0.2) is 4.79 Å². The van der Waals surface area contributed by atoms with Crippen molar-refractivity contribution in [3.8, 4) is 0 Å². The molecule has 1 unspecified atom stereocenters. The van der Waals surface area contributed by atoms with Crippen molar-refractivity contribution in [2.24, 2.45) is 0 Å². The van der Waals surface area contributed by atoms with E-state index in [4.69, 9.17) is 4.74 Å². The van der Waals surface area contributed by atoms with E-state index in [-0.39, 0.29) is 24.5 Å². The van der Waals surface area contributed by atoms with Crippen molar-refractivity contribution in [1.29, 1.82) is 0 Å². The third-order valence-corrected chi connectivity index (χ3v) is 3.74. The lowest BCUT2D eigenvalue weighted by Crippen LogP contribution is -3.00. The third kappa shape index (κ3) is 5.87. The van der Waals surface area contributed by atoms with Gasteiger partial charge in [-0.05, 0) is 31.0 Å². The summed E-state index contributed by atoms with van der Waals surface area (Å²) in [6.45, 7) is 3.49. The van der Waals surface area contributed by atoms with Crippen LogP contribution in [0.15, 0.2) is 47.8 Å². The molecule has 0 amide bonds. The van der Waals surface area contributed by atoms with Crippen LogP contribution >= 0.6 is 11.3 Å². The van der Waals surface area contributed by atoms with Crippen LogP contribution in [0.25, 0.3) is 0 Å².